The standard InChI is InChI=1S/C12H14I3NO3/c1-2-12(5-17,6-18)16-11(19)8-3-7(13)4-9(14)10(8)15/h3-4,17-18H,2,5-6H2,1H3,(H,16,19). The van der Waals surface area contributed by atoms with Crippen molar-refractivity contribution in [2.24, 2.45) is 0 Å². The molecule has 106 valence electrons. The molecule has 0 saturated heterocycles. The lowest BCUT2D eigenvalue weighted by Gasteiger charge is -2.30. The number of rotatable bonds is 5. The summed E-state index contributed by atoms with van der Waals surface area (Å²) >= 11 is 6.47. The van der Waals surface area contributed by atoms with E-state index in [-0.39, 0.29) is 19.1 Å². The van der Waals surface area contributed by atoms with Gasteiger partial charge in [0.25, 0.3) is 5.91 Å². The van der Waals surface area contributed by atoms with E-state index in [9.17, 15) is 15.0 Å². The van der Waals surface area contributed by atoms with Crippen molar-refractivity contribution < 1.29 is 15.0 Å². The van der Waals surface area contributed by atoms with Crippen LogP contribution in [0.25, 0.3) is 0 Å². The highest BCUT2D eigenvalue weighted by Gasteiger charge is 2.29. The van der Waals surface area contributed by atoms with Crippen LogP contribution in [-0.4, -0.2) is 34.9 Å². The number of hydrogen-bond donors (Lipinski definition) is 3. The number of nitrogens with one attached hydrogen (secondary N) is 1. The van der Waals surface area contributed by atoms with Crippen LogP contribution in [0.5, 0.6) is 0 Å². The van der Waals surface area contributed by atoms with Gasteiger partial charge in [-0.2, -0.15) is 0 Å². The van der Waals surface area contributed by atoms with Crippen LogP contribution in [0.4, 0.5) is 0 Å². The fourth-order valence-electron chi connectivity index (χ4n) is 1.47. The zero-order chi connectivity index (χ0) is 14.6. The number of carbonyl (C=O) groups excluding carboxylic acids is 1. The Morgan fingerprint density at radius 2 is 1.84 bits per heavy atom. The van der Waals surface area contributed by atoms with Gasteiger partial charge in [0, 0.05) is 10.7 Å². The van der Waals surface area contributed by atoms with Gasteiger partial charge in [-0.1, -0.05) is 6.92 Å². The number of aliphatic hydroxyl groups excluding tert-OH is 2. The van der Waals surface area contributed by atoms with Crippen molar-refractivity contribution in [2.75, 3.05) is 13.2 Å². The lowest BCUT2D eigenvalue weighted by Crippen LogP contribution is -2.54. The van der Waals surface area contributed by atoms with Gasteiger partial charge in [0.05, 0.1) is 24.3 Å². The third kappa shape index (κ3) is 4.38. The Balaban J connectivity index is 3.08. The summed E-state index contributed by atoms with van der Waals surface area (Å²) in [5.74, 6) is -0.272. The van der Waals surface area contributed by atoms with Gasteiger partial charge in [-0.3, -0.25) is 4.79 Å². The normalized spacial score (nSPS) is 11.5. The largest absolute Gasteiger partial charge is 0.394 e. The molecule has 0 bridgehead atoms. The maximum atomic E-state index is 12.3. The molecule has 4 nitrogen and oxygen atoms in total. The topological polar surface area (TPSA) is 69.6 Å². The van der Waals surface area contributed by atoms with Crippen molar-refractivity contribution in [1.82, 2.24) is 5.32 Å². The van der Waals surface area contributed by atoms with Crippen molar-refractivity contribution in [3.8, 4) is 0 Å². The van der Waals surface area contributed by atoms with Crippen LogP contribution < -0.4 is 5.32 Å². The number of aliphatic hydroxyl groups is 2. The van der Waals surface area contributed by atoms with Gasteiger partial charge >= 0.3 is 0 Å². The number of halogens is 3. The molecule has 3 N–H and O–H groups in total. The summed E-state index contributed by atoms with van der Waals surface area (Å²) < 4.78 is 2.85. The summed E-state index contributed by atoms with van der Waals surface area (Å²) in [7, 11) is 0. The van der Waals surface area contributed by atoms with Crippen molar-refractivity contribution in [3.05, 3.63) is 28.4 Å². The van der Waals surface area contributed by atoms with Crippen LogP contribution in [0, 0.1) is 10.7 Å². The molecular weight excluding hydrogens is 587 g/mol. The maximum absolute atomic E-state index is 12.3. The molecule has 0 aliphatic heterocycles. The first-order valence-electron chi connectivity index (χ1n) is 5.58. The Hall–Kier alpha value is 0.800. The summed E-state index contributed by atoms with van der Waals surface area (Å²) in [5, 5.41) is 21.5. The molecule has 1 aromatic rings. The molecule has 0 radical (unpaired) electrons. The van der Waals surface area contributed by atoms with Gasteiger partial charge in [0.15, 0.2) is 0 Å². The molecule has 0 unspecified atom stereocenters. The molecular formula is C12H14I3NO3. The summed E-state index contributed by atoms with van der Waals surface area (Å²) in [6.45, 7) is 1.24. The number of carbonyl (C=O) groups is 1. The second-order valence-corrected chi connectivity index (χ2v) is 7.64. The number of amides is 1. The molecule has 0 saturated carbocycles. The Labute approximate surface area is 153 Å². The molecule has 0 fully saturated rings. The highest BCUT2D eigenvalue weighted by atomic mass is 127. The summed E-state index contributed by atoms with van der Waals surface area (Å²) in [4.78, 5) is 12.3. The van der Waals surface area contributed by atoms with E-state index in [1.807, 2.05) is 13.0 Å². The van der Waals surface area contributed by atoms with Gasteiger partial charge in [-0.15, -0.1) is 0 Å². The molecule has 7 heteroatoms. The SMILES string of the molecule is CCC(CO)(CO)NC(=O)c1cc(I)cc(I)c1I. The average molecular weight is 601 g/mol. The fourth-order valence-corrected chi connectivity index (χ4v) is 3.87. The van der Waals surface area contributed by atoms with Gasteiger partial charge in [-0.05, 0) is 86.3 Å². The van der Waals surface area contributed by atoms with Crippen LogP contribution >= 0.6 is 67.8 Å². The quantitative estimate of drug-likeness (QED) is 0.359. The van der Waals surface area contributed by atoms with E-state index in [0.29, 0.717) is 12.0 Å². The molecule has 0 aliphatic rings. The zero-order valence-corrected chi connectivity index (χ0v) is 16.7. The van der Waals surface area contributed by atoms with Crippen LogP contribution in [0.2, 0.25) is 0 Å². The predicted molar refractivity (Wildman–Crippen MR) is 99.3 cm³/mol. The Morgan fingerprint density at radius 1 is 1.26 bits per heavy atom. The van der Waals surface area contributed by atoms with Crippen LogP contribution in [0.15, 0.2) is 12.1 Å². The third-order valence-electron chi connectivity index (χ3n) is 2.90. The first-order chi connectivity index (χ1) is 8.89. The van der Waals surface area contributed by atoms with Crippen LogP contribution in [-0.2, 0) is 0 Å². The van der Waals surface area contributed by atoms with E-state index in [1.165, 1.54) is 0 Å². The molecule has 0 heterocycles. The minimum atomic E-state index is -0.965. The van der Waals surface area contributed by atoms with E-state index in [0.717, 1.165) is 10.7 Å². The first kappa shape index (κ1) is 17.9. The van der Waals surface area contributed by atoms with E-state index in [4.69, 9.17) is 0 Å². The average Bonchev–Trinajstić information content (AvgIpc) is 2.40. The molecule has 1 aromatic carbocycles. The summed E-state index contributed by atoms with van der Waals surface area (Å²) in [6.07, 6.45) is 0.462. The molecule has 0 atom stereocenters. The maximum Gasteiger partial charge on any atom is 0.253 e. The fraction of sp³-hybridized carbons (Fsp3) is 0.417. The van der Waals surface area contributed by atoms with Crippen molar-refractivity contribution in [1.29, 1.82) is 0 Å². The molecule has 0 aromatic heterocycles. The van der Waals surface area contributed by atoms with Crippen molar-refractivity contribution >= 4 is 73.7 Å². The smallest absolute Gasteiger partial charge is 0.253 e. The molecule has 0 spiro atoms. The van der Waals surface area contributed by atoms with Crippen LogP contribution in [0.3, 0.4) is 0 Å². The molecule has 0 aliphatic carbocycles. The van der Waals surface area contributed by atoms with Crippen molar-refractivity contribution in [2.45, 2.75) is 18.9 Å². The van der Waals surface area contributed by atoms with Crippen molar-refractivity contribution in [3.63, 3.8) is 0 Å². The van der Waals surface area contributed by atoms with E-state index >= 15 is 0 Å². The molecule has 1 rings (SSSR count). The zero-order valence-electron chi connectivity index (χ0n) is 10.2. The van der Waals surface area contributed by atoms with Crippen LogP contribution in [0.1, 0.15) is 23.7 Å². The Kier molecular flexibility index (Phi) is 7.24. The Morgan fingerprint density at radius 3 is 2.32 bits per heavy atom. The molecule has 1 amide bonds. The van der Waals surface area contributed by atoms with E-state index in [2.05, 4.69) is 73.1 Å². The van der Waals surface area contributed by atoms with Gasteiger partial charge < -0.3 is 15.5 Å². The summed E-state index contributed by atoms with van der Waals surface area (Å²) in [6, 6.07) is 3.79. The summed E-state index contributed by atoms with van der Waals surface area (Å²) in [5.41, 5.74) is -0.399. The second kappa shape index (κ2) is 7.71. The van der Waals surface area contributed by atoms with E-state index in [1.54, 1.807) is 6.07 Å². The first-order valence-corrected chi connectivity index (χ1v) is 8.81. The highest BCUT2D eigenvalue weighted by molar-refractivity contribution is 14.1. The molecule has 19 heavy (non-hydrogen) atoms. The number of hydrogen-bond acceptors (Lipinski definition) is 3. The third-order valence-corrected chi connectivity index (χ3v) is 6.57. The minimum Gasteiger partial charge on any atom is -0.394 e. The predicted octanol–water partition coefficient (Wildman–Crippen LogP) is 2.36. The second-order valence-electron chi connectivity index (χ2n) is 4.15. The lowest BCUT2D eigenvalue weighted by molar-refractivity contribution is 0.0652. The van der Waals surface area contributed by atoms with Gasteiger partial charge in [-0.25, -0.2) is 0 Å². The van der Waals surface area contributed by atoms with Gasteiger partial charge in [0.1, 0.15) is 0 Å². The lowest BCUT2D eigenvalue weighted by atomic mass is 9.98. The Bertz CT molecular complexity index is 467. The number of benzene rings is 1. The minimum absolute atomic E-state index is 0.272. The van der Waals surface area contributed by atoms with Gasteiger partial charge in [0.2, 0.25) is 0 Å². The van der Waals surface area contributed by atoms with E-state index < -0.39 is 5.54 Å². The highest BCUT2D eigenvalue weighted by Crippen LogP contribution is 2.23. The monoisotopic (exact) mass is 601 g/mol.